The van der Waals surface area contributed by atoms with Crippen LogP contribution in [-0.2, 0) is 19.2 Å². The van der Waals surface area contributed by atoms with Gasteiger partial charge >= 0.3 is 0 Å². The summed E-state index contributed by atoms with van der Waals surface area (Å²) in [5.41, 5.74) is 1.93. The highest BCUT2D eigenvalue weighted by Crippen LogP contribution is 2.27. The van der Waals surface area contributed by atoms with Crippen molar-refractivity contribution in [2.45, 2.75) is 26.7 Å². The minimum absolute atomic E-state index is 0.146. The highest BCUT2D eigenvalue weighted by molar-refractivity contribution is 6.29. The number of hydrazone groups is 2. The molecule has 0 aliphatic carbocycles. The van der Waals surface area contributed by atoms with Crippen LogP contribution < -0.4 is 10.0 Å². The summed E-state index contributed by atoms with van der Waals surface area (Å²) in [4.78, 5) is 51.2. The number of anilines is 2. The molecule has 2 amide bonds. The molecule has 0 saturated heterocycles. The van der Waals surface area contributed by atoms with Gasteiger partial charge in [-0.25, -0.2) is 0 Å². The molecule has 0 aromatic heterocycles. The van der Waals surface area contributed by atoms with Crippen molar-refractivity contribution in [3.05, 3.63) is 60.7 Å². The van der Waals surface area contributed by atoms with Crippen LogP contribution in [0.2, 0.25) is 0 Å². The summed E-state index contributed by atoms with van der Waals surface area (Å²) in [7, 11) is 0. The Morgan fingerprint density at radius 3 is 1.38 bits per heavy atom. The highest BCUT2D eigenvalue weighted by Gasteiger charge is 2.42. The Hall–Kier alpha value is -3.94. The predicted octanol–water partition coefficient (Wildman–Crippen LogP) is 2.98. The number of hydrogen-bond acceptors (Lipinski definition) is 6. The molecule has 2 aliphatic rings. The van der Waals surface area contributed by atoms with Crippen molar-refractivity contribution in [3.8, 4) is 0 Å². The number of para-hydroxylation sites is 2. The van der Waals surface area contributed by atoms with Crippen molar-refractivity contribution in [3.63, 3.8) is 0 Å². The van der Waals surface area contributed by atoms with Gasteiger partial charge in [0.25, 0.3) is 11.8 Å². The number of ketones is 2. The largest absolute Gasteiger partial charge is 0.298 e. The van der Waals surface area contributed by atoms with E-state index in [1.807, 2.05) is 12.1 Å². The molecule has 2 aliphatic heterocycles. The van der Waals surface area contributed by atoms with E-state index in [1.165, 1.54) is 10.0 Å². The van der Waals surface area contributed by atoms with E-state index >= 15 is 0 Å². The van der Waals surface area contributed by atoms with Crippen molar-refractivity contribution in [1.82, 2.24) is 0 Å². The Bertz CT molecular complexity index is 1050. The van der Waals surface area contributed by atoms with Crippen LogP contribution in [0.4, 0.5) is 11.4 Å². The van der Waals surface area contributed by atoms with Crippen LogP contribution in [0.15, 0.2) is 70.9 Å². The maximum absolute atomic E-state index is 12.8. The number of carbonyl (C=O) groups excluding carboxylic acids is 4. The molecule has 0 N–H and O–H groups in total. The third-order valence-electron chi connectivity index (χ3n) is 5.53. The monoisotopic (exact) mass is 430 g/mol. The van der Waals surface area contributed by atoms with Gasteiger partial charge in [0.05, 0.1) is 22.8 Å². The number of benzene rings is 2. The van der Waals surface area contributed by atoms with E-state index in [2.05, 4.69) is 10.2 Å². The van der Waals surface area contributed by atoms with E-state index in [0.717, 1.165) is 0 Å². The van der Waals surface area contributed by atoms with Crippen LogP contribution in [0.3, 0.4) is 0 Å². The van der Waals surface area contributed by atoms with Gasteiger partial charge in [-0.1, -0.05) is 36.4 Å². The van der Waals surface area contributed by atoms with E-state index in [-0.39, 0.29) is 24.4 Å². The van der Waals surface area contributed by atoms with Gasteiger partial charge in [-0.2, -0.15) is 20.2 Å². The fourth-order valence-corrected chi connectivity index (χ4v) is 3.92. The molecule has 4 rings (SSSR count). The lowest BCUT2D eigenvalue weighted by Crippen LogP contribution is -2.35. The molecule has 2 atom stereocenters. The van der Waals surface area contributed by atoms with Crippen LogP contribution in [0.25, 0.3) is 0 Å². The maximum atomic E-state index is 12.8. The molecule has 0 unspecified atom stereocenters. The first-order chi connectivity index (χ1) is 15.4. The van der Waals surface area contributed by atoms with Crippen molar-refractivity contribution in [2.75, 3.05) is 10.0 Å². The summed E-state index contributed by atoms with van der Waals surface area (Å²) in [5.74, 6) is -3.67. The zero-order valence-corrected chi connectivity index (χ0v) is 17.8. The van der Waals surface area contributed by atoms with Crippen LogP contribution in [0, 0.1) is 11.8 Å². The number of carbonyl (C=O) groups is 4. The Labute approximate surface area is 185 Å². The van der Waals surface area contributed by atoms with Crippen molar-refractivity contribution in [2.24, 2.45) is 22.0 Å². The first-order valence-electron chi connectivity index (χ1n) is 10.3. The Balaban J connectivity index is 1.40. The van der Waals surface area contributed by atoms with E-state index in [9.17, 15) is 19.2 Å². The number of nitrogens with zero attached hydrogens (tertiary/aromatic N) is 4. The predicted molar refractivity (Wildman–Crippen MR) is 120 cm³/mol. The minimum Gasteiger partial charge on any atom is -0.298 e. The highest BCUT2D eigenvalue weighted by atomic mass is 16.2. The maximum Gasteiger partial charge on any atom is 0.263 e. The summed E-state index contributed by atoms with van der Waals surface area (Å²) >= 11 is 0. The van der Waals surface area contributed by atoms with E-state index in [1.54, 1.807) is 62.4 Å². The fraction of sp³-hybridized carbons (Fsp3) is 0.250. The molecular formula is C24H22N4O4. The Morgan fingerprint density at radius 2 is 1.03 bits per heavy atom. The van der Waals surface area contributed by atoms with Crippen molar-refractivity contribution < 1.29 is 19.2 Å². The molecule has 2 heterocycles. The second-order valence-electron chi connectivity index (χ2n) is 7.75. The molecule has 162 valence electrons. The zero-order valence-electron chi connectivity index (χ0n) is 17.8. The SMILES string of the molecule is CC1=NN(c2ccccc2)C(=O)[C@H]1C(=O)CCC(=O)[C@H]1C(=O)N(c2ccccc2)N=C1C. The number of amides is 2. The summed E-state index contributed by atoms with van der Waals surface area (Å²) in [6.07, 6.45) is -0.291. The Kier molecular flexibility index (Phi) is 5.77. The smallest absolute Gasteiger partial charge is 0.263 e. The van der Waals surface area contributed by atoms with Gasteiger partial charge < -0.3 is 0 Å². The summed E-state index contributed by atoms with van der Waals surface area (Å²) < 4.78 is 0. The fourth-order valence-electron chi connectivity index (χ4n) is 3.92. The van der Waals surface area contributed by atoms with Gasteiger partial charge in [-0.05, 0) is 38.1 Å². The van der Waals surface area contributed by atoms with Crippen molar-refractivity contribution in [1.29, 1.82) is 0 Å². The molecule has 0 radical (unpaired) electrons. The third-order valence-corrected chi connectivity index (χ3v) is 5.53. The first-order valence-corrected chi connectivity index (χ1v) is 10.3. The quantitative estimate of drug-likeness (QED) is 0.631. The Morgan fingerprint density at radius 1 is 0.688 bits per heavy atom. The van der Waals surface area contributed by atoms with Gasteiger partial charge in [0.1, 0.15) is 11.8 Å². The van der Waals surface area contributed by atoms with Gasteiger partial charge in [-0.15, -0.1) is 0 Å². The molecule has 8 nitrogen and oxygen atoms in total. The van der Waals surface area contributed by atoms with E-state index in [4.69, 9.17) is 0 Å². The van der Waals surface area contributed by atoms with E-state index in [0.29, 0.717) is 22.8 Å². The summed E-state index contributed by atoms with van der Waals surface area (Å²) in [6.45, 7) is 3.25. The molecule has 2 aromatic rings. The lowest BCUT2D eigenvalue weighted by atomic mass is 9.91. The number of hydrogen-bond donors (Lipinski definition) is 0. The summed E-state index contributed by atoms with van der Waals surface area (Å²) in [6, 6.07) is 17.7. The third kappa shape index (κ3) is 3.87. The first kappa shape index (κ1) is 21.3. The molecule has 0 saturated carbocycles. The second kappa shape index (κ2) is 8.66. The van der Waals surface area contributed by atoms with E-state index < -0.39 is 23.7 Å². The topological polar surface area (TPSA) is 99.5 Å². The van der Waals surface area contributed by atoms with Crippen LogP contribution in [0.1, 0.15) is 26.7 Å². The van der Waals surface area contributed by atoms with Gasteiger partial charge in [0.2, 0.25) is 0 Å². The normalized spacial score (nSPS) is 20.4. The average molecular weight is 430 g/mol. The molecule has 8 heteroatoms. The summed E-state index contributed by atoms with van der Waals surface area (Å²) in [5, 5.41) is 10.9. The molecule has 0 spiro atoms. The van der Waals surface area contributed by atoms with Crippen LogP contribution in [0.5, 0.6) is 0 Å². The molecule has 0 fully saturated rings. The minimum atomic E-state index is -1.02. The average Bonchev–Trinajstić information content (AvgIpc) is 3.27. The van der Waals surface area contributed by atoms with Gasteiger partial charge in [0.15, 0.2) is 11.6 Å². The van der Waals surface area contributed by atoms with Crippen LogP contribution in [-0.4, -0.2) is 34.8 Å². The zero-order chi connectivity index (χ0) is 22.8. The molecule has 0 bridgehead atoms. The van der Waals surface area contributed by atoms with Crippen molar-refractivity contribution >= 4 is 46.2 Å². The van der Waals surface area contributed by atoms with Gasteiger partial charge in [-0.3, -0.25) is 19.2 Å². The molecule has 32 heavy (non-hydrogen) atoms. The lowest BCUT2D eigenvalue weighted by Gasteiger charge is -2.15. The number of rotatable bonds is 7. The standard InChI is InChI=1S/C24H22N4O4/c1-15-21(23(31)27(25-15)17-9-5-3-6-10-17)19(29)13-14-20(30)22-16(2)26-28(24(22)32)18-11-7-4-8-12-18/h3-12,21-22H,13-14H2,1-2H3/t21-,22+. The van der Waals surface area contributed by atoms with Gasteiger partial charge in [0, 0.05) is 12.8 Å². The molecular weight excluding hydrogens is 408 g/mol. The lowest BCUT2D eigenvalue weighted by molar-refractivity contribution is -0.133. The van der Waals surface area contributed by atoms with Crippen LogP contribution >= 0.6 is 0 Å². The molecule has 2 aromatic carbocycles. The number of Topliss-reactive ketones (excluding diaryl/α,β-unsaturated/α-hetero) is 2. The second-order valence-corrected chi connectivity index (χ2v) is 7.75.